The molecule has 37 heavy (non-hydrogen) atoms. The first-order valence-electron chi connectivity index (χ1n) is 13.1. The smallest absolute Gasteiger partial charge is 0.319 e. The zero-order valence-corrected chi connectivity index (χ0v) is 22.6. The van der Waals surface area contributed by atoms with Crippen molar-refractivity contribution in [2.24, 2.45) is 0 Å². The number of ether oxygens (including phenoxy) is 1. The van der Waals surface area contributed by atoms with Crippen molar-refractivity contribution in [2.75, 3.05) is 30.7 Å². The van der Waals surface area contributed by atoms with Gasteiger partial charge in [0.2, 0.25) is 0 Å². The van der Waals surface area contributed by atoms with E-state index in [0.29, 0.717) is 29.6 Å². The number of urea groups is 1. The summed E-state index contributed by atoms with van der Waals surface area (Å²) in [6.07, 6.45) is 5.91. The SMILES string of the molecule is CC(C)N(CCCNC(=O)Nc1ccc(C(C)(C)C)cc1)C[C@@H]1CC[C@H](n2cnc3c(N)ncnc32)O1. The summed E-state index contributed by atoms with van der Waals surface area (Å²) in [4.78, 5) is 27.5. The quantitative estimate of drug-likeness (QED) is 0.368. The molecule has 0 saturated carbocycles. The van der Waals surface area contributed by atoms with E-state index in [-0.39, 0.29) is 23.8 Å². The van der Waals surface area contributed by atoms with Gasteiger partial charge in [-0.05, 0) is 56.2 Å². The molecule has 3 heterocycles. The molecule has 1 saturated heterocycles. The molecule has 0 spiro atoms. The van der Waals surface area contributed by atoms with E-state index in [0.717, 1.165) is 38.0 Å². The summed E-state index contributed by atoms with van der Waals surface area (Å²) in [6.45, 7) is 13.2. The number of nitrogens with two attached hydrogens (primary N) is 1. The molecule has 0 aliphatic carbocycles. The number of imidazole rings is 1. The van der Waals surface area contributed by atoms with Gasteiger partial charge in [-0.15, -0.1) is 0 Å². The van der Waals surface area contributed by atoms with Gasteiger partial charge in [-0.3, -0.25) is 9.47 Å². The second-order valence-corrected chi connectivity index (χ2v) is 11.0. The number of nitrogens with one attached hydrogen (secondary N) is 2. The Morgan fingerprint density at radius 2 is 1.95 bits per heavy atom. The molecule has 1 aliphatic rings. The van der Waals surface area contributed by atoms with E-state index in [1.165, 1.54) is 11.9 Å². The third kappa shape index (κ3) is 6.75. The van der Waals surface area contributed by atoms with Crippen LogP contribution in [0.4, 0.5) is 16.3 Å². The van der Waals surface area contributed by atoms with Crippen LogP contribution in [0.25, 0.3) is 11.2 Å². The second-order valence-electron chi connectivity index (χ2n) is 11.0. The molecule has 1 aliphatic heterocycles. The number of hydrogen-bond donors (Lipinski definition) is 3. The highest BCUT2D eigenvalue weighted by Crippen LogP contribution is 2.31. The zero-order valence-electron chi connectivity index (χ0n) is 22.6. The summed E-state index contributed by atoms with van der Waals surface area (Å²) >= 11 is 0. The highest BCUT2D eigenvalue weighted by Gasteiger charge is 2.30. The van der Waals surface area contributed by atoms with E-state index >= 15 is 0 Å². The van der Waals surface area contributed by atoms with Gasteiger partial charge in [0.25, 0.3) is 0 Å². The van der Waals surface area contributed by atoms with Gasteiger partial charge < -0.3 is 21.1 Å². The molecule has 0 radical (unpaired) electrons. The summed E-state index contributed by atoms with van der Waals surface area (Å²) in [5.41, 5.74) is 9.35. The Balaban J connectivity index is 1.21. The number of amides is 2. The van der Waals surface area contributed by atoms with Gasteiger partial charge in [-0.25, -0.2) is 19.7 Å². The van der Waals surface area contributed by atoms with E-state index in [1.807, 2.05) is 16.7 Å². The monoisotopic (exact) mass is 508 g/mol. The highest BCUT2D eigenvalue weighted by atomic mass is 16.5. The fourth-order valence-corrected chi connectivity index (χ4v) is 4.64. The molecule has 1 aromatic carbocycles. The molecule has 200 valence electrons. The molecule has 3 aromatic rings. The van der Waals surface area contributed by atoms with Gasteiger partial charge in [-0.2, -0.15) is 0 Å². The number of aromatic nitrogens is 4. The largest absolute Gasteiger partial charge is 0.382 e. The first kappa shape index (κ1) is 26.8. The van der Waals surface area contributed by atoms with Crippen LogP contribution < -0.4 is 16.4 Å². The number of fused-ring (bicyclic) bond motifs is 1. The van der Waals surface area contributed by atoms with Crippen molar-refractivity contribution in [3.05, 3.63) is 42.5 Å². The van der Waals surface area contributed by atoms with Gasteiger partial charge in [-0.1, -0.05) is 32.9 Å². The first-order valence-corrected chi connectivity index (χ1v) is 13.1. The number of nitrogens with zero attached hydrogens (tertiary/aromatic N) is 5. The second kappa shape index (κ2) is 11.4. The summed E-state index contributed by atoms with van der Waals surface area (Å²) in [7, 11) is 0. The van der Waals surface area contributed by atoms with Gasteiger partial charge in [0.05, 0.1) is 12.4 Å². The van der Waals surface area contributed by atoms with Gasteiger partial charge in [0.15, 0.2) is 11.5 Å². The molecule has 0 bridgehead atoms. The number of anilines is 2. The minimum atomic E-state index is -0.182. The van der Waals surface area contributed by atoms with Crippen molar-refractivity contribution in [1.82, 2.24) is 29.7 Å². The van der Waals surface area contributed by atoms with Crippen molar-refractivity contribution in [2.45, 2.75) is 77.7 Å². The highest BCUT2D eigenvalue weighted by molar-refractivity contribution is 5.89. The molecule has 10 heteroatoms. The average molecular weight is 509 g/mol. The van der Waals surface area contributed by atoms with Crippen LogP contribution >= 0.6 is 0 Å². The maximum Gasteiger partial charge on any atom is 0.319 e. The Hall–Kier alpha value is -3.24. The molecule has 10 nitrogen and oxygen atoms in total. The number of hydrogen-bond acceptors (Lipinski definition) is 7. The molecule has 2 amide bonds. The van der Waals surface area contributed by atoms with E-state index in [2.05, 4.69) is 77.2 Å². The lowest BCUT2D eigenvalue weighted by Gasteiger charge is -2.29. The predicted octanol–water partition coefficient (Wildman–Crippen LogP) is 4.31. The summed E-state index contributed by atoms with van der Waals surface area (Å²) < 4.78 is 8.33. The molecule has 4 rings (SSSR count). The van der Waals surface area contributed by atoms with Crippen LogP contribution in [0.1, 0.15) is 65.7 Å². The molecular weight excluding hydrogens is 468 g/mol. The molecule has 2 aromatic heterocycles. The lowest BCUT2D eigenvalue weighted by atomic mass is 9.87. The Bertz CT molecular complexity index is 1190. The van der Waals surface area contributed by atoms with Crippen LogP contribution in [0.5, 0.6) is 0 Å². The lowest BCUT2D eigenvalue weighted by molar-refractivity contribution is -0.0158. The van der Waals surface area contributed by atoms with Gasteiger partial charge in [0.1, 0.15) is 18.1 Å². The third-order valence-corrected chi connectivity index (χ3v) is 6.87. The lowest BCUT2D eigenvalue weighted by Crippen LogP contribution is -2.39. The summed E-state index contributed by atoms with van der Waals surface area (Å²) in [6, 6.07) is 8.21. The van der Waals surface area contributed by atoms with Crippen LogP contribution in [0, 0.1) is 0 Å². The number of benzene rings is 1. The fourth-order valence-electron chi connectivity index (χ4n) is 4.64. The van der Waals surface area contributed by atoms with Gasteiger partial charge >= 0.3 is 6.03 Å². The molecule has 2 atom stereocenters. The maximum atomic E-state index is 12.3. The number of carbonyl (C=O) groups is 1. The minimum Gasteiger partial charge on any atom is -0.382 e. The van der Waals surface area contributed by atoms with E-state index < -0.39 is 0 Å². The van der Waals surface area contributed by atoms with E-state index in [4.69, 9.17) is 10.5 Å². The first-order chi connectivity index (χ1) is 17.6. The Morgan fingerprint density at radius 1 is 1.19 bits per heavy atom. The molecule has 0 unspecified atom stereocenters. The van der Waals surface area contributed by atoms with Crippen LogP contribution in [0.3, 0.4) is 0 Å². The Kier molecular flexibility index (Phi) is 8.29. The normalized spacial score (nSPS) is 18.1. The van der Waals surface area contributed by atoms with Gasteiger partial charge in [0, 0.05) is 31.4 Å². The number of nitrogen functional groups attached to an aromatic ring is 1. The van der Waals surface area contributed by atoms with Crippen molar-refractivity contribution >= 4 is 28.7 Å². The average Bonchev–Trinajstić information content (AvgIpc) is 3.48. The van der Waals surface area contributed by atoms with Crippen molar-refractivity contribution < 1.29 is 9.53 Å². The molecular formula is C27H40N8O2. The third-order valence-electron chi connectivity index (χ3n) is 6.87. The number of rotatable bonds is 9. The molecule has 1 fully saturated rings. The zero-order chi connectivity index (χ0) is 26.6. The topological polar surface area (TPSA) is 123 Å². The minimum absolute atomic E-state index is 0.0882. The van der Waals surface area contributed by atoms with Crippen molar-refractivity contribution in [3.8, 4) is 0 Å². The summed E-state index contributed by atoms with van der Waals surface area (Å²) in [5.74, 6) is 0.380. The van der Waals surface area contributed by atoms with Crippen LogP contribution in [-0.4, -0.2) is 62.2 Å². The number of carbonyl (C=O) groups excluding carboxylic acids is 1. The Labute approximate surface area is 219 Å². The molecule has 4 N–H and O–H groups in total. The summed E-state index contributed by atoms with van der Waals surface area (Å²) in [5, 5.41) is 5.89. The Morgan fingerprint density at radius 3 is 2.65 bits per heavy atom. The standard InChI is InChI=1S/C27H40N8O2/c1-18(2)34(14-6-13-29-26(36)33-20-9-7-19(8-10-20)27(3,4)5)15-21-11-12-22(37-21)35-17-32-23-24(28)30-16-31-25(23)35/h7-10,16-18,21-22H,6,11-15H2,1-5H3,(H2,28,30,31)(H2,29,33,36)/t21-,22+/m0/s1. The van der Waals surface area contributed by atoms with Crippen LogP contribution in [0.15, 0.2) is 36.9 Å². The fraction of sp³-hybridized carbons (Fsp3) is 0.556. The van der Waals surface area contributed by atoms with E-state index in [9.17, 15) is 4.79 Å². The predicted molar refractivity (Wildman–Crippen MR) is 146 cm³/mol. The van der Waals surface area contributed by atoms with Crippen molar-refractivity contribution in [1.29, 1.82) is 0 Å². The van der Waals surface area contributed by atoms with E-state index in [1.54, 1.807) is 6.33 Å². The van der Waals surface area contributed by atoms with Crippen LogP contribution in [0.2, 0.25) is 0 Å². The van der Waals surface area contributed by atoms with Crippen molar-refractivity contribution in [3.63, 3.8) is 0 Å². The van der Waals surface area contributed by atoms with Crippen LogP contribution in [-0.2, 0) is 10.2 Å². The maximum absolute atomic E-state index is 12.3.